The van der Waals surface area contributed by atoms with Crippen molar-refractivity contribution >= 4 is 33.4 Å². The average molecular weight is 344 g/mol. The van der Waals surface area contributed by atoms with Crippen molar-refractivity contribution in [3.63, 3.8) is 0 Å². The van der Waals surface area contributed by atoms with Crippen LogP contribution in [0.25, 0.3) is 0 Å². The molecule has 19 heavy (non-hydrogen) atoms. The van der Waals surface area contributed by atoms with Gasteiger partial charge in [0, 0.05) is 22.4 Å². The Morgan fingerprint density at radius 2 is 2.26 bits per heavy atom. The molecule has 0 fully saturated rings. The van der Waals surface area contributed by atoms with E-state index in [-0.39, 0.29) is 5.69 Å². The molecule has 1 heterocycles. The van der Waals surface area contributed by atoms with Gasteiger partial charge in [0.2, 0.25) is 5.16 Å². The lowest BCUT2D eigenvalue weighted by atomic mass is 10.2. The molecule has 0 aliphatic carbocycles. The number of nitrogens with two attached hydrogens (primary N) is 1. The summed E-state index contributed by atoms with van der Waals surface area (Å²) in [7, 11) is 0. The fourth-order valence-electron chi connectivity index (χ4n) is 1.36. The summed E-state index contributed by atoms with van der Waals surface area (Å²) in [4.78, 5) is 10.2. The number of benzene rings is 1. The molecule has 0 aliphatic rings. The van der Waals surface area contributed by atoms with E-state index in [1.807, 2.05) is 0 Å². The van der Waals surface area contributed by atoms with Gasteiger partial charge in [-0.25, -0.2) is 4.68 Å². The molecule has 100 valence electrons. The Hall–Kier alpha value is -1.61. The van der Waals surface area contributed by atoms with Crippen LogP contribution in [0.1, 0.15) is 11.4 Å². The second-order valence-electron chi connectivity index (χ2n) is 3.72. The molecule has 1 aromatic heterocycles. The predicted molar refractivity (Wildman–Crippen MR) is 75.3 cm³/mol. The van der Waals surface area contributed by atoms with Crippen molar-refractivity contribution in [2.45, 2.75) is 17.8 Å². The highest BCUT2D eigenvalue weighted by Crippen LogP contribution is 2.28. The molecule has 7 nitrogen and oxygen atoms in total. The quantitative estimate of drug-likeness (QED) is 0.395. The Labute approximate surface area is 121 Å². The maximum Gasteiger partial charge on any atom is 0.270 e. The molecular weight excluding hydrogens is 334 g/mol. The average Bonchev–Trinajstić information content (AvgIpc) is 2.68. The van der Waals surface area contributed by atoms with Crippen molar-refractivity contribution < 1.29 is 4.92 Å². The normalized spacial score (nSPS) is 10.6. The highest BCUT2D eigenvalue weighted by Gasteiger charge is 2.11. The second-order valence-corrected chi connectivity index (χ2v) is 5.52. The minimum Gasteiger partial charge on any atom is -0.336 e. The highest BCUT2D eigenvalue weighted by atomic mass is 79.9. The summed E-state index contributed by atoms with van der Waals surface area (Å²) in [6.07, 6.45) is 0. The van der Waals surface area contributed by atoms with Gasteiger partial charge in [-0.3, -0.25) is 10.1 Å². The van der Waals surface area contributed by atoms with Crippen LogP contribution in [0.5, 0.6) is 0 Å². The maximum atomic E-state index is 10.6. The van der Waals surface area contributed by atoms with E-state index in [1.165, 1.54) is 28.6 Å². The largest absolute Gasteiger partial charge is 0.336 e. The van der Waals surface area contributed by atoms with Crippen molar-refractivity contribution in [2.24, 2.45) is 0 Å². The highest BCUT2D eigenvalue weighted by molar-refractivity contribution is 9.10. The molecule has 0 bridgehead atoms. The number of thioether (sulfide) groups is 1. The van der Waals surface area contributed by atoms with Gasteiger partial charge in [0.15, 0.2) is 0 Å². The molecule has 9 heteroatoms. The number of aryl methyl sites for hydroxylation is 1. The van der Waals surface area contributed by atoms with Crippen molar-refractivity contribution in [1.29, 1.82) is 0 Å². The Balaban J connectivity index is 2.12. The van der Waals surface area contributed by atoms with E-state index in [0.29, 0.717) is 21.2 Å². The number of nitrogen functional groups attached to an aromatic ring is 1. The van der Waals surface area contributed by atoms with Gasteiger partial charge < -0.3 is 5.84 Å². The van der Waals surface area contributed by atoms with Crippen LogP contribution in [0, 0.1) is 17.0 Å². The first kappa shape index (κ1) is 13.8. The van der Waals surface area contributed by atoms with Crippen LogP contribution in [-0.2, 0) is 5.75 Å². The lowest BCUT2D eigenvalue weighted by Crippen LogP contribution is -2.11. The molecule has 2 N–H and O–H groups in total. The fraction of sp³-hybridized carbons (Fsp3) is 0.200. The van der Waals surface area contributed by atoms with Gasteiger partial charge >= 0.3 is 0 Å². The molecule has 0 unspecified atom stereocenters. The van der Waals surface area contributed by atoms with Gasteiger partial charge in [0.05, 0.1) is 4.92 Å². The number of nitrogens with zero attached hydrogens (tertiary/aromatic N) is 4. The Morgan fingerprint density at radius 3 is 2.79 bits per heavy atom. The SMILES string of the molecule is Cc1nnc(SCc2ccc([N+](=O)[O-])cc2Br)n1N. The van der Waals surface area contributed by atoms with Crippen molar-refractivity contribution in [2.75, 3.05) is 5.84 Å². The van der Waals surface area contributed by atoms with Gasteiger partial charge in [-0.05, 0) is 12.5 Å². The molecule has 0 radical (unpaired) electrons. The number of rotatable bonds is 4. The van der Waals surface area contributed by atoms with E-state index in [2.05, 4.69) is 26.1 Å². The number of halogens is 1. The van der Waals surface area contributed by atoms with Crippen LogP contribution in [0.4, 0.5) is 5.69 Å². The lowest BCUT2D eigenvalue weighted by molar-refractivity contribution is -0.384. The molecule has 0 saturated carbocycles. The van der Waals surface area contributed by atoms with E-state index in [9.17, 15) is 10.1 Å². The van der Waals surface area contributed by atoms with Crippen LogP contribution in [-0.4, -0.2) is 19.8 Å². The van der Waals surface area contributed by atoms with E-state index in [4.69, 9.17) is 5.84 Å². The molecule has 0 atom stereocenters. The Kier molecular flexibility index (Phi) is 4.05. The Bertz CT molecular complexity index is 630. The molecule has 2 rings (SSSR count). The summed E-state index contributed by atoms with van der Waals surface area (Å²) in [5.74, 6) is 6.96. The maximum absolute atomic E-state index is 10.6. The number of hydrogen-bond acceptors (Lipinski definition) is 6. The zero-order valence-corrected chi connectivity index (χ0v) is 12.3. The number of aromatic nitrogens is 3. The number of nitro groups is 1. The van der Waals surface area contributed by atoms with E-state index in [0.717, 1.165) is 5.56 Å². The van der Waals surface area contributed by atoms with Gasteiger partial charge in [-0.15, -0.1) is 10.2 Å². The third-order valence-electron chi connectivity index (χ3n) is 2.44. The minimum atomic E-state index is -0.429. The third kappa shape index (κ3) is 3.04. The van der Waals surface area contributed by atoms with Crippen LogP contribution in [0.3, 0.4) is 0 Å². The molecule has 0 amide bonds. The summed E-state index contributed by atoms with van der Waals surface area (Å²) in [6.45, 7) is 1.76. The molecule has 0 saturated heterocycles. The van der Waals surface area contributed by atoms with E-state index >= 15 is 0 Å². The van der Waals surface area contributed by atoms with Crippen molar-refractivity contribution in [3.05, 3.63) is 44.2 Å². The third-order valence-corrected chi connectivity index (χ3v) is 4.17. The fourth-order valence-corrected chi connectivity index (χ4v) is 2.96. The van der Waals surface area contributed by atoms with E-state index in [1.54, 1.807) is 13.0 Å². The number of non-ortho nitro benzene ring substituents is 1. The smallest absolute Gasteiger partial charge is 0.270 e. The molecule has 0 spiro atoms. The summed E-state index contributed by atoms with van der Waals surface area (Å²) in [5, 5.41) is 19.0. The Morgan fingerprint density at radius 1 is 1.53 bits per heavy atom. The van der Waals surface area contributed by atoms with Crippen LogP contribution in [0.2, 0.25) is 0 Å². The standard InChI is InChI=1S/C10H10BrN5O2S/c1-6-13-14-10(15(6)12)19-5-7-2-3-8(16(17)18)4-9(7)11/h2-4H,5,12H2,1H3. The van der Waals surface area contributed by atoms with Gasteiger partial charge in [-0.2, -0.15) is 0 Å². The van der Waals surface area contributed by atoms with Gasteiger partial charge in [0.1, 0.15) is 5.82 Å². The zero-order chi connectivity index (χ0) is 14.0. The molecule has 1 aromatic carbocycles. The first-order chi connectivity index (χ1) is 8.99. The van der Waals surface area contributed by atoms with Gasteiger partial charge in [0.25, 0.3) is 5.69 Å². The number of hydrogen-bond donors (Lipinski definition) is 1. The zero-order valence-electron chi connectivity index (χ0n) is 9.91. The van der Waals surface area contributed by atoms with Crippen molar-refractivity contribution in [1.82, 2.24) is 14.9 Å². The summed E-state index contributed by atoms with van der Waals surface area (Å²) < 4.78 is 2.10. The second kappa shape index (κ2) is 5.57. The lowest BCUT2D eigenvalue weighted by Gasteiger charge is -2.04. The molecule has 2 aromatic rings. The molecular formula is C10H10BrN5O2S. The summed E-state index contributed by atoms with van der Waals surface area (Å²) in [5.41, 5.74) is 0.981. The van der Waals surface area contributed by atoms with Crippen LogP contribution < -0.4 is 5.84 Å². The van der Waals surface area contributed by atoms with Crippen molar-refractivity contribution in [3.8, 4) is 0 Å². The van der Waals surface area contributed by atoms with E-state index < -0.39 is 4.92 Å². The monoisotopic (exact) mass is 343 g/mol. The summed E-state index contributed by atoms with van der Waals surface area (Å²) >= 11 is 4.73. The van der Waals surface area contributed by atoms with Gasteiger partial charge in [-0.1, -0.05) is 33.8 Å². The summed E-state index contributed by atoms with van der Waals surface area (Å²) in [6, 6.07) is 4.66. The van der Waals surface area contributed by atoms with Crippen LogP contribution >= 0.6 is 27.7 Å². The molecule has 0 aliphatic heterocycles. The first-order valence-corrected chi connectivity index (χ1v) is 6.99. The predicted octanol–water partition coefficient (Wildman–Crippen LogP) is 2.26. The number of nitro benzene ring substituents is 1. The minimum absolute atomic E-state index is 0.0541. The van der Waals surface area contributed by atoms with Crippen LogP contribution in [0.15, 0.2) is 27.8 Å². The topological polar surface area (TPSA) is 99.9 Å². The first-order valence-electron chi connectivity index (χ1n) is 5.21.